The molecule has 0 aliphatic carbocycles. The molecule has 1 N–H and O–H groups in total. The molecule has 106 valence electrons. The number of hydrogen-bond donors (Lipinski definition) is 1. The van der Waals surface area contributed by atoms with Gasteiger partial charge in [-0.15, -0.1) is 0 Å². The van der Waals surface area contributed by atoms with Crippen LogP contribution >= 0.6 is 0 Å². The number of aryl methyl sites for hydroxylation is 1. The summed E-state index contributed by atoms with van der Waals surface area (Å²) in [5, 5.41) is 11.6. The molecule has 2 rings (SSSR count). The number of nitriles is 1. The standard InChI is InChI=1S/C16H14FN3O/c1-10-3-4-13(9-19-10)11(2)20-16(21)14-5-12(8-18)6-15(17)7-14/h3-7,9,11H,1-2H3,(H,20,21). The first-order valence-corrected chi connectivity index (χ1v) is 6.43. The maximum atomic E-state index is 13.3. The lowest BCUT2D eigenvalue weighted by Gasteiger charge is -2.14. The smallest absolute Gasteiger partial charge is 0.251 e. The molecule has 1 heterocycles. The summed E-state index contributed by atoms with van der Waals surface area (Å²) in [6.45, 7) is 3.69. The van der Waals surface area contributed by atoms with Crippen molar-refractivity contribution in [3.63, 3.8) is 0 Å². The second kappa shape index (κ2) is 6.14. The van der Waals surface area contributed by atoms with E-state index < -0.39 is 11.7 Å². The summed E-state index contributed by atoms with van der Waals surface area (Å²) in [7, 11) is 0. The number of carbonyl (C=O) groups is 1. The Bertz CT molecular complexity index is 704. The quantitative estimate of drug-likeness (QED) is 0.941. The first-order valence-electron chi connectivity index (χ1n) is 6.43. The molecule has 1 atom stereocenters. The fourth-order valence-electron chi connectivity index (χ4n) is 1.88. The molecule has 21 heavy (non-hydrogen) atoms. The van der Waals surface area contributed by atoms with Gasteiger partial charge in [-0.25, -0.2) is 4.39 Å². The highest BCUT2D eigenvalue weighted by Crippen LogP contribution is 2.14. The van der Waals surface area contributed by atoms with E-state index in [-0.39, 0.29) is 17.2 Å². The summed E-state index contributed by atoms with van der Waals surface area (Å²) >= 11 is 0. The van der Waals surface area contributed by atoms with Crippen molar-refractivity contribution in [1.29, 1.82) is 5.26 Å². The number of hydrogen-bond acceptors (Lipinski definition) is 3. The summed E-state index contributed by atoms with van der Waals surface area (Å²) in [6.07, 6.45) is 1.69. The van der Waals surface area contributed by atoms with Crippen LogP contribution in [0.2, 0.25) is 0 Å². The van der Waals surface area contributed by atoms with Crippen molar-refractivity contribution in [2.75, 3.05) is 0 Å². The van der Waals surface area contributed by atoms with Crippen molar-refractivity contribution in [3.05, 3.63) is 64.7 Å². The predicted molar refractivity (Wildman–Crippen MR) is 76.0 cm³/mol. The Morgan fingerprint density at radius 2 is 2.14 bits per heavy atom. The second-order valence-electron chi connectivity index (χ2n) is 4.77. The van der Waals surface area contributed by atoms with Crippen molar-refractivity contribution >= 4 is 5.91 Å². The molecular weight excluding hydrogens is 269 g/mol. The van der Waals surface area contributed by atoms with Crippen LogP contribution < -0.4 is 5.32 Å². The van der Waals surface area contributed by atoms with E-state index in [0.29, 0.717) is 0 Å². The van der Waals surface area contributed by atoms with E-state index in [1.165, 1.54) is 6.07 Å². The van der Waals surface area contributed by atoms with Crippen LogP contribution in [0.3, 0.4) is 0 Å². The highest BCUT2D eigenvalue weighted by Gasteiger charge is 2.13. The molecule has 0 bridgehead atoms. The first-order chi connectivity index (χ1) is 9.99. The van der Waals surface area contributed by atoms with E-state index in [1.807, 2.05) is 32.0 Å². The average Bonchev–Trinajstić information content (AvgIpc) is 2.47. The molecule has 1 amide bonds. The van der Waals surface area contributed by atoms with Crippen LogP contribution in [0, 0.1) is 24.1 Å². The Kier molecular flexibility index (Phi) is 4.29. The Morgan fingerprint density at radius 1 is 1.38 bits per heavy atom. The minimum atomic E-state index is -0.608. The Labute approximate surface area is 122 Å². The van der Waals surface area contributed by atoms with Gasteiger partial charge >= 0.3 is 0 Å². The van der Waals surface area contributed by atoms with Crippen LogP contribution in [0.5, 0.6) is 0 Å². The van der Waals surface area contributed by atoms with Gasteiger partial charge in [-0.1, -0.05) is 6.07 Å². The predicted octanol–water partition coefficient (Wildman–Crippen LogP) is 2.89. The minimum Gasteiger partial charge on any atom is -0.345 e. The zero-order valence-electron chi connectivity index (χ0n) is 11.7. The van der Waals surface area contributed by atoms with Gasteiger partial charge in [0.05, 0.1) is 17.7 Å². The van der Waals surface area contributed by atoms with Gasteiger partial charge in [0.1, 0.15) is 5.82 Å². The van der Waals surface area contributed by atoms with Gasteiger partial charge in [0, 0.05) is 17.5 Å². The van der Waals surface area contributed by atoms with Crippen LogP contribution in [0.25, 0.3) is 0 Å². The Balaban J connectivity index is 2.16. The second-order valence-corrected chi connectivity index (χ2v) is 4.77. The maximum absolute atomic E-state index is 13.3. The van der Waals surface area contributed by atoms with Gasteiger partial charge in [-0.05, 0) is 43.7 Å². The lowest BCUT2D eigenvalue weighted by Crippen LogP contribution is -2.26. The molecule has 0 saturated carbocycles. The SMILES string of the molecule is Cc1ccc(C(C)NC(=O)c2cc(F)cc(C#N)c2)cn1. The summed E-state index contributed by atoms with van der Waals surface area (Å²) in [6, 6.07) is 8.84. The summed E-state index contributed by atoms with van der Waals surface area (Å²) in [5.74, 6) is -1.04. The molecule has 4 nitrogen and oxygen atoms in total. The number of carbonyl (C=O) groups excluding carboxylic acids is 1. The van der Waals surface area contributed by atoms with Crippen molar-refractivity contribution in [2.24, 2.45) is 0 Å². The van der Waals surface area contributed by atoms with Crippen molar-refractivity contribution in [1.82, 2.24) is 10.3 Å². The van der Waals surface area contributed by atoms with E-state index in [0.717, 1.165) is 23.4 Å². The van der Waals surface area contributed by atoms with Crippen molar-refractivity contribution in [3.8, 4) is 6.07 Å². The van der Waals surface area contributed by atoms with Crippen molar-refractivity contribution < 1.29 is 9.18 Å². The molecule has 1 unspecified atom stereocenters. The zero-order chi connectivity index (χ0) is 15.4. The molecule has 5 heteroatoms. The fraction of sp³-hybridized carbons (Fsp3) is 0.188. The molecule has 0 radical (unpaired) electrons. The lowest BCUT2D eigenvalue weighted by atomic mass is 10.1. The highest BCUT2D eigenvalue weighted by atomic mass is 19.1. The van der Waals surface area contributed by atoms with Crippen LogP contribution in [-0.4, -0.2) is 10.9 Å². The van der Waals surface area contributed by atoms with E-state index in [2.05, 4.69) is 10.3 Å². The molecule has 2 aromatic rings. The number of pyridine rings is 1. The summed E-state index contributed by atoms with van der Waals surface area (Å²) < 4.78 is 13.3. The highest BCUT2D eigenvalue weighted by molar-refractivity contribution is 5.94. The number of amides is 1. The largest absolute Gasteiger partial charge is 0.345 e. The van der Waals surface area contributed by atoms with E-state index in [4.69, 9.17) is 5.26 Å². The Hall–Kier alpha value is -2.74. The van der Waals surface area contributed by atoms with E-state index in [9.17, 15) is 9.18 Å². The fourth-order valence-corrected chi connectivity index (χ4v) is 1.88. The molecule has 0 aliphatic heterocycles. The third kappa shape index (κ3) is 3.63. The molecule has 0 aliphatic rings. The lowest BCUT2D eigenvalue weighted by molar-refractivity contribution is 0.0939. The number of aromatic nitrogens is 1. The molecule has 1 aromatic heterocycles. The zero-order valence-corrected chi connectivity index (χ0v) is 11.7. The maximum Gasteiger partial charge on any atom is 0.251 e. The first kappa shape index (κ1) is 14.7. The number of nitrogens with zero attached hydrogens (tertiary/aromatic N) is 2. The van der Waals surface area contributed by atoms with Gasteiger partial charge in [-0.2, -0.15) is 5.26 Å². The summed E-state index contributed by atoms with van der Waals surface area (Å²) in [5.41, 5.74) is 1.98. The van der Waals surface area contributed by atoms with Gasteiger partial charge in [0.2, 0.25) is 0 Å². The molecular formula is C16H14FN3O. The van der Waals surface area contributed by atoms with E-state index >= 15 is 0 Å². The molecule has 0 fully saturated rings. The van der Waals surface area contributed by atoms with Gasteiger partial charge in [0.15, 0.2) is 0 Å². The monoisotopic (exact) mass is 283 g/mol. The van der Waals surface area contributed by atoms with Crippen LogP contribution in [0.1, 0.15) is 40.1 Å². The van der Waals surface area contributed by atoms with Gasteiger partial charge in [-0.3, -0.25) is 9.78 Å². The topological polar surface area (TPSA) is 65.8 Å². The third-order valence-electron chi connectivity index (χ3n) is 3.07. The average molecular weight is 283 g/mol. The summed E-state index contributed by atoms with van der Waals surface area (Å²) in [4.78, 5) is 16.3. The van der Waals surface area contributed by atoms with E-state index in [1.54, 1.807) is 6.20 Å². The number of rotatable bonds is 3. The Morgan fingerprint density at radius 3 is 2.76 bits per heavy atom. The van der Waals surface area contributed by atoms with Gasteiger partial charge in [0.25, 0.3) is 5.91 Å². The molecule has 0 saturated heterocycles. The van der Waals surface area contributed by atoms with Crippen molar-refractivity contribution in [2.45, 2.75) is 19.9 Å². The van der Waals surface area contributed by atoms with Gasteiger partial charge < -0.3 is 5.32 Å². The molecule has 0 spiro atoms. The van der Waals surface area contributed by atoms with Crippen LogP contribution in [0.4, 0.5) is 4.39 Å². The number of benzene rings is 1. The van der Waals surface area contributed by atoms with Crippen LogP contribution in [-0.2, 0) is 0 Å². The van der Waals surface area contributed by atoms with Crippen LogP contribution in [0.15, 0.2) is 36.5 Å². The molecule has 1 aromatic carbocycles. The third-order valence-corrected chi connectivity index (χ3v) is 3.07. The minimum absolute atomic E-state index is 0.116. The normalized spacial score (nSPS) is 11.5. The number of halogens is 1. The number of nitrogens with one attached hydrogen (secondary N) is 1.